The molecule has 0 aromatic heterocycles. The first-order valence-electron chi connectivity index (χ1n) is 7.06. The van der Waals surface area contributed by atoms with Crippen molar-refractivity contribution in [2.75, 3.05) is 6.61 Å². The maximum Gasteiger partial charge on any atom is 0.305 e. The summed E-state index contributed by atoms with van der Waals surface area (Å²) in [6.45, 7) is 3.86. The van der Waals surface area contributed by atoms with Gasteiger partial charge in [-0.1, -0.05) is 0 Å². The van der Waals surface area contributed by atoms with E-state index in [2.05, 4.69) is 0 Å². The van der Waals surface area contributed by atoms with Crippen molar-refractivity contribution in [2.24, 2.45) is 0 Å². The first-order chi connectivity index (χ1) is 11.1. The van der Waals surface area contributed by atoms with Gasteiger partial charge in [0.2, 0.25) is 12.5 Å². The van der Waals surface area contributed by atoms with E-state index in [-0.39, 0.29) is 0 Å². The third kappa shape index (κ3) is 5.76. The molecule has 1 saturated heterocycles. The smallest absolute Gasteiger partial charge is 0.305 e. The molecule has 0 aromatic rings. The van der Waals surface area contributed by atoms with Gasteiger partial charge in [-0.15, -0.1) is 0 Å². The molecule has 1 fully saturated rings. The second kappa shape index (κ2) is 8.57. The van der Waals surface area contributed by atoms with E-state index in [1.165, 1.54) is 0 Å². The second-order valence-corrected chi connectivity index (χ2v) is 5.05. The van der Waals surface area contributed by atoms with Crippen molar-refractivity contribution in [3.63, 3.8) is 0 Å². The van der Waals surface area contributed by atoms with Gasteiger partial charge in [0.25, 0.3) is 0 Å². The zero-order valence-corrected chi connectivity index (χ0v) is 13.6. The van der Waals surface area contributed by atoms with Crippen molar-refractivity contribution in [3.8, 4) is 0 Å². The lowest BCUT2D eigenvalue weighted by Gasteiger charge is -2.41. The van der Waals surface area contributed by atoms with Crippen molar-refractivity contribution >= 4 is 23.9 Å². The Kier molecular flexibility index (Phi) is 7.08. The summed E-state index contributed by atoms with van der Waals surface area (Å²) in [4.78, 5) is 44.5. The third-order valence-electron chi connectivity index (χ3n) is 2.91. The van der Waals surface area contributed by atoms with Crippen LogP contribution in [0.25, 0.3) is 0 Å². The summed E-state index contributed by atoms with van der Waals surface area (Å²) in [7, 11) is 0. The Morgan fingerprint density at radius 2 is 1.33 bits per heavy atom. The summed E-state index contributed by atoms with van der Waals surface area (Å²) < 4.78 is 39.0. The van der Waals surface area contributed by atoms with E-state index in [1.807, 2.05) is 0 Å². The van der Waals surface area contributed by atoms with Crippen LogP contribution in [-0.4, -0.2) is 61.3 Å². The number of alkyl halides is 1. The van der Waals surface area contributed by atoms with Crippen molar-refractivity contribution < 1.29 is 47.3 Å². The molecule has 10 heteroatoms. The van der Waals surface area contributed by atoms with Crippen LogP contribution in [0, 0.1) is 0 Å². The minimum Gasteiger partial charge on any atom is -0.463 e. The maximum absolute atomic E-state index is 14.5. The second-order valence-electron chi connectivity index (χ2n) is 5.05. The van der Waals surface area contributed by atoms with Gasteiger partial charge in [0.05, 0.1) is 0 Å². The summed E-state index contributed by atoms with van der Waals surface area (Å²) in [6, 6.07) is 0. The largest absolute Gasteiger partial charge is 0.463 e. The molecular formula is C14H19FO9. The average molecular weight is 350 g/mol. The fourth-order valence-corrected chi connectivity index (χ4v) is 2.12. The number of ether oxygens (including phenoxy) is 5. The summed E-state index contributed by atoms with van der Waals surface area (Å²) in [5.74, 6) is -3.11. The molecule has 1 aliphatic rings. The molecule has 5 atom stereocenters. The van der Waals surface area contributed by atoms with Crippen LogP contribution in [0.3, 0.4) is 0 Å². The molecule has 0 unspecified atom stereocenters. The monoisotopic (exact) mass is 350 g/mol. The van der Waals surface area contributed by atoms with Gasteiger partial charge in [-0.05, 0) is 0 Å². The predicted molar refractivity (Wildman–Crippen MR) is 73.1 cm³/mol. The number of rotatable bonds is 5. The zero-order chi connectivity index (χ0) is 18.4. The molecule has 0 aliphatic carbocycles. The van der Waals surface area contributed by atoms with Crippen molar-refractivity contribution in [3.05, 3.63) is 0 Å². The topological polar surface area (TPSA) is 114 Å². The van der Waals surface area contributed by atoms with E-state index in [9.17, 15) is 23.6 Å². The van der Waals surface area contributed by atoms with Crippen LogP contribution in [0.2, 0.25) is 0 Å². The van der Waals surface area contributed by atoms with Crippen molar-refractivity contribution in [2.45, 2.75) is 58.5 Å². The third-order valence-corrected chi connectivity index (χ3v) is 2.91. The highest BCUT2D eigenvalue weighted by atomic mass is 19.1. The summed E-state index contributed by atoms with van der Waals surface area (Å²) in [5, 5.41) is 0. The van der Waals surface area contributed by atoms with Crippen LogP contribution < -0.4 is 0 Å². The van der Waals surface area contributed by atoms with Gasteiger partial charge in [-0.25, -0.2) is 4.39 Å². The van der Waals surface area contributed by atoms with E-state index in [0.29, 0.717) is 0 Å². The predicted octanol–water partition coefficient (Wildman–Crippen LogP) is 0.0390. The SMILES string of the molecule is CC(=O)OC[C@H]1O[C@H](OC(C)=O)[C@@H](F)[C@@H](OC(C)=O)[C@H]1OC(C)=O. The fraction of sp³-hybridized carbons (Fsp3) is 0.714. The molecule has 1 rings (SSSR count). The molecule has 0 aromatic carbocycles. The normalized spacial score (nSPS) is 29.3. The number of carbonyl (C=O) groups is 4. The van der Waals surface area contributed by atoms with Gasteiger partial charge in [0.15, 0.2) is 12.2 Å². The summed E-state index contributed by atoms with van der Waals surface area (Å²) in [6.07, 6.45) is -7.98. The highest BCUT2D eigenvalue weighted by Gasteiger charge is 2.52. The Labute approximate surface area is 137 Å². The van der Waals surface area contributed by atoms with Crippen LogP contribution in [-0.2, 0) is 42.9 Å². The van der Waals surface area contributed by atoms with Gasteiger partial charge >= 0.3 is 23.9 Å². The standard InChI is InChI=1S/C14H19FO9/c1-6(16)20-5-10-12(21-7(2)17)13(22-8(3)18)11(15)14(24-10)23-9(4)19/h10-14H,5H2,1-4H3/t10-,11+,12+,13-,14+/m1/s1. The lowest BCUT2D eigenvalue weighted by atomic mass is 9.99. The van der Waals surface area contributed by atoms with Crippen LogP contribution >= 0.6 is 0 Å². The number of halogens is 1. The molecule has 0 radical (unpaired) electrons. The van der Waals surface area contributed by atoms with Gasteiger partial charge in [0.1, 0.15) is 12.7 Å². The van der Waals surface area contributed by atoms with E-state index in [4.69, 9.17) is 23.7 Å². The van der Waals surface area contributed by atoms with Crippen LogP contribution in [0.5, 0.6) is 0 Å². The quantitative estimate of drug-likeness (QED) is 0.500. The Bertz CT molecular complexity index is 490. The Balaban J connectivity index is 3.08. The average Bonchev–Trinajstić information content (AvgIpc) is 2.42. The molecule has 136 valence electrons. The number of carbonyl (C=O) groups excluding carboxylic acids is 4. The van der Waals surface area contributed by atoms with E-state index < -0.39 is 61.3 Å². The molecule has 0 saturated carbocycles. The van der Waals surface area contributed by atoms with Gasteiger partial charge < -0.3 is 23.7 Å². The maximum atomic E-state index is 14.5. The van der Waals surface area contributed by atoms with Gasteiger partial charge in [0, 0.05) is 27.7 Å². The number of hydrogen-bond acceptors (Lipinski definition) is 9. The fourth-order valence-electron chi connectivity index (χ4n) is 2.12. The summed E-state index contributed by atoms with van der Waals surface area (Å²) in [5.41, 5.74) is 0. The van der Waals surface area contributed by atoms with E-state index in [1.54, 1.807) is 0 Å². The van der Waals surface area contributed by atoms with Gasteiger partial charge in [-0.2, -0.15) is 0 Å². The zero-order valence-electron chi connectivity index (χ0n) is 13.6. The number of esters is 4. The molecule has 9 nitrogen and oxygen atoms in total. The number of hydrogen-bond donors (Lipinski definition) is 0. The van der Waals surface area contributed by atoms with Crippen molar-refractivity contribution in [1.82, 2.24) is 0 Å². The first-order valence-corrected chi connectivity index (χ1v) is 7.06. The molecule has 1 heterocycles. The molecule has 24 heavy (non-hydrogen) atoms. The minimum atomic E-state index is -2.10. The van der Waals surface area contributed by atoms with E-state index >= 15 is 0 Å². The van der Waals surface area contributed by atoms with Crippen LogP contribution in [0.1, 0.15) is 27.7 Å². The van der Waals surface area contributed by atoms with Gasteiger partial charge in [-0.3, -0.25) is 19.2 Å². The van der Waals surface area contributed by atoms with Crippen LogP contribution in [0.15, 0.2) is 0 Å². The minimum absolute atomic E-state index is 0.421. The van der Waals surface area contributed by atoms with E-state index in [0.717, 1.165) is 27.7 Å². The lowest BCUT2D eigenvalue weighted by Crippen LogP contribution is -2.60. The lowest BCUT2D eigenvalue weighted by molar-refractivity contribution is -0.284. The molecular weight excluding hydrogens is 331 g/mol. The Morgan fingerprint density at radius 3 is 1.79 bits per heavy atom. The Morgan fingerprint density at radius 1 is 0.833 bits per heavy atom. The highest BCUT2D eigenvalue weighted by molar-refractivity contribution is 5.68. The van der Waals surface area contributed by atoms with Crippen molar-refractivity contribution in [1.29, 1.82) is 0 Å². The molecule has 0 spiro atoms. The molecule has 0 N–H and O–H groups in total. The molecule has 1 aliphatic heterocycles. The highest BCUT2D eigenvalue weighted by Crippen LogP contribution is 2.29. The molecule has 0 bridgehead atoms. The van der Waals surface area contributed by atoms with Crippen LogP contribution in [0.4, 0.5) is 4.39 Å². The molecule has 0 amide bonds. The summed E-state index contributed by atoms with van der Waals surface area (Å²) >= 11 is 0. The Hall–Kier alpha value is -2.23. The first kappa shape index (κ1) is 19.8.